The number of imide groups is 2. The SMILES string of the molecule is CC.Cc1cc2c(cn1)C(=O)N(C1CCC(=O)NC1=O)C2=O. The van der Waals surface area contributed by atoms with Gasteiger partial charge in [0.05, 0.1) is 11.1 Å². The summed E-state index contributed by atoms with van der Waals surface area (Å²) in [7, 11) is 0. The number of fused-ring (bicyclic) bond motifs is 1. The van der Waals surface area contributed by atoms with Crippen molar-refractivity contribution in [2.24, 2.45) is 0 Å². The molecule has 1 aromatic heterocycles. The molecule has 3 rings (SSSR count). The third kappa shape index (κ3) is 2.49. The van der Waals surface area contributed by atoms with E-state index in [4.69, 9.17) is 0 Å². The molecule has 1 aromatic rings. The van der Waals surface area contributed by atoms with Crippen LogP contribution in [0.2, 0.25) is 0 Å². The van der Waals surface area contributed by atoms with Crippen LogP contribution in [-0.2, 0) is 9.59 Å². The fourth-order valence-corrected chi connectivity index (χ4v) is 2.47. The molecule has 0 bridgehead atoms. The van der Waals surface area contributed by atoms with Crippen LogP contribution >= 0.6 is 0 Å². The Hall–Kier alpha value is -2.57. The second kappa shape index (κ2) is 6.05. The van der Waals surface area contributed by atoms with E-state index >= 15 is 0 Å². The maximum atomic E-state index is 12.3. The van der Waals surface area contributed by atoms with Gasteiger partial charge in [0, 0.05) is 18.3 Å². The Morgan fingerprint density at radius 3 is 2.41 bits per heavy atom. The number of carbonyl (C=O) groups excluding carboxylic acids is 4. The number of hydrogen-bond donors (Lipinski definition) is 1. The van der Waals surface area contributed by atoms with Gasteiger partial charge in [0.15, 0.2) is 0 Å². The molecule has 0 spiro atoms. The van der Waals surface area contributed by atoms with E-state index in [1.54, 1.807) is 6.92 Å². The molecule has 3 heterocycles. The van der Waals surface area contributed by atoms with Crippen molar-refractivity contribution < 1.29 is 19.2 Å². The normalized spacial score (nSPS) is 20.3. The highest BCUT2D eigenvalue weighted by molar-refractivity contribution is 6.23. The molecule has 7 nitrogen and oxygen atoms in total. The van der Waals surface area contributed by atoms with Crippen molar-refractivity contribution in [1.29, 1.82) is 0 Å². The second-order valence-electron chi connectivity index (χ2n) is 4.82. The van der Waals surface area contributed by atoms with E-state index < -0.39 is 23.8 Å². The highest BCUT2D eigenvalue weighted by Crippen LogP contribution is 2.27. The van der Waals surface area contributed by atoms with Gasteiger partial charge in [0.25, 0.3) is 11.8 Å². The van der Waals surface area contributed by atoms with E-state index in [0.29, 0.717) is 5.69 Å². The fourth-order valence-electron chi connectivity index (χ4n) is 2.47. The van der Waals surface area contributed by atoms with Gasteiger partial charge in [-0.1, -0.05) is 13.8 Å². The largest absolute Gasteiger partial charge is 0.295 e. The topological polar surface area (TPSA) is 96.4 Å². The molecule has 1 N–H and O–H groups in total. The van der Waals surface area contributed by atoms with Gasteiger partial charge in [-0.05, 0) is 19.4 Å². The van der Waals surface area contributed by atoms with E-state index in [9.17, 15) is 19.2 Å². The summed E-state index contributed by atoms with van der Waals surface area (Å²) in [6, 6.07) is 0.599. The minimum Gasteiger partial charge on any atom is -0.295 e. The standard InChI is InChI=1S/C13H11N3O4.C2H6/c1-6-4-7-8(5-14-6)13(20)16(12(7)19)9-2-3-10(17)15-11(9)18;1-2/h4-5,9H,2-3H2,1H3,(H,15,17,18);1-2H3. The van der Waals surface area contributed by atoms with Gasteiger partial charge < -0.3 is 0 Å². The molecule has 1 unspecified atom stereocenters. The van der Waals surface area contributed by atoms with Gasteiger partial charge in [-0.25, -0.2) is 0 Å². The number of carbonyl (C=O) groups is 4. The fraction of sp³-hybridized carbons (Fsp3) is 0.400. The Balaban J connectivity index is 0.000000847. The Morgan fingerprint density at radius 1 is 1.14 bits per heavy atom. The smallest absolute Gasteiger partial charge is 0.263 e. The monoisotopic (exact) mass is 303 g/mol. The van der Waals surface area contributed by atoms with Crippen molar-refractivity contribution >= 4 is 23.6 Å². The zero-order chi connectivity index (χ0) is 16.4. The first-order valence-electron chi connectivity index (χ1n) is 7.17. The van der Waals surface area contributed by atoms with E-state index in [0.717, 1.165) is 4.90 Å². The molecule has 2 aliphatic rings. The minimum atomic E-state index is -0.930. The molecule has 116 valence electrons. The van der Waals surface area contributed by atoms with Gasteiger partial charge in [0.1, 0.15) is 6.04 Å². The Bertz CT molecular complexity index is 669. The molecule has 22 heavy (non-hydrogen) atoms. The average Bonchev–Trinajstić information content (AvgIpc) is 2.73. The molecule has 0 radical (unpaired) electrons. The van der Waals surface area contributed by atoms with Crippen molar-refractivity contribution in [3.63, 3.8) is 0 Å². The molecular formula is C15H17N3O4. The Morgan fingerprint density at radius 2 is 1.77 bits per heavy atom. The van der Waals surface area contributed by atoms with Gasteiger partial charge in [-0.15, -0.1) is 0 Å². The van der Waals surface area contributed by atoms with E-state index in [2.05, 4.69) is 10.3 Å². The maximum absolute atomic E-state index is 12.3. The number of amides is 4. The van der Waals surface area contributed by atoms with E-state index in [1.165, 1.54) is 12.3 Å². The molecule has 2 aliphatic heterocycles. The van der Waals surface area contributed by atoms with Crippen LogP contribution < -0.4 is 5.32 Å². The lowest BCUT2D eigenvalue weighted by molar-refractivity contribution is -0.136. The van der Waals surface area contributed by atoms with Crippen LogP contribution in [0.1, 0.15) is 53.1 Å². The van der Waals surface area contributed by atoms with Crippen molar-refractivity contribution in [1.82, 2.24) is 15.2 Å². The molecule has 0 saturated carbocycles. The average molecular weight is 303 g/mol. The summed E-state index contributed by atoms with van der Waals surface area (Å²) < 4.78 is 0. The predicted molar refractivity (Wildman–Crippen MR) is 77.0 cm³/mol. The van der Waals surface area contributed by atoms with Crippen LogP contribution in [0.4, 0.5) is 0 Å². The van der Waals surface area contributed by atoms with Crippen molar-refractivity contribution in [2.45, 2.75) is 39.7 Å². The third-order valence-corrected chi connectivity index (χ3v) is 3.46. The van der Waals surface area contributed by atoms with E-state index in [1.807, 2.05) is 13.8 Å². The summed E-state index contributed by atoms with van der Waals surface area (Å²) in [4.78, 5) is 52.4. The molecule has 1 saturated heterocycles. The van der Waals surface area contributed by atoms with Crippen molar-refractivity contribution in [2.75, 3.05) is 0 Å². The Labute approximate surface area is 127 Å². The van der Waals surface area contributed by atoms with Crippen LogP contribution in [0.5, 0.6) is 0 Å². The molecule has 7 heteroatoms. The quantitative estimate of drug-likeness (QED) is 0.775. The van der Waals surface area contributed by atoms with Crippen molar-refractivity contribution in [3.05, 3.63) is 29.1 Å². The number of aromatic nitrogens is 1. The van der Waals surface area contributed by atoms with Gasteiger partial charge in [-0.3, -0.25) is 34.4 Å². The number of pyridine rings is 1. The summed E-state index contributed by atoms with van der Waals surface area (Å²) in [5.74, 6) is -2.04. The summed E-state index contributed by atoms with van der Waals surface area (Å²) >= 11 is 0. The van der Waals surface area contributed by atoms with Gasteiger partial charge >= 0.3 is 0 Å². The summed E-state index contributed by atoms with van der Waals surface area (Å²) in [5, 5.41) is 2.15. The minimum absolute atomic E-state index is 0.112. The molecule has 0 aromatic carbocycles. The van der Waals surface area contributed by atoms with Crippen LogP contribution in [0.15, 0.2) is 12.3 Å². The highest BCUT2D eigenvalue weighted by Gasteiger charge is 2.44. The first kappa shape index (κ1) is 15.8. The molecule has 1 fully saturated rings. The molecular weight excluding hydrogens is 286 g/mol. The lowest BCUT2D eigenvalue weighted by Gasteiger charge is -2.27. The van der Waals surface area contributed by atoms with Crippen LogP contribution in [-0.4, -0.2) is 39.6 Å². The number of rotatable bonds is 1. The lowest BCUT2D eigenvalue weighted by Crippen LogP contribution is -2.54. The second-order valence-corrected chi connectivity index (χ2v) is 4.82. The molecule has 0 aliphatic carbocycles. The molecule has 1 atom stereocenters. The predicted octanol–water partition coefficient (Wildman–Crippen LogP) is 0.817. The lowest BCUT2D eigenvalue weighted by atomic mass is 10.0. The van der Waals surface area contributed by atoms with Crippen LogP contribution in [0.25, 0.3) is 0 Å². The van der Waals surface area contributed by atoms with Crippen molar-refractivity contribution in [3.8, 4) is 0 Å². The van der Waals surface area contributed by atoms with Gasteiger partial charge in [-0.2, -0.15) is 0 Å². The summed E-state index contributed by atoms with van der Waals surface area (Å²) in [5.41, 5.74) is 1.08. The Kier molecular flexibility index (Phi) is 4.35. The maximum Gasteiger partial charge on any atom is 0.263 e. The molecule has 4 amide bonds. The first-order valence-corrected chi connectivity index (χ1v) is 7.17. The highest BCUT2D eigenvalue weighted by atomic mass is 16.2. The number of aryl methyl sites for hydroxylation is 1. The number of hydrogen-bond acceptors (Lipinski definition) is 5. The zero-order valence-corrected chi connectivity index (χ0v) is 12.7. The summed E-state index contributed by atoms with van der Waals surface area (Å²) in [6.07, 6.45) is 1.61. The number of nitrogens with zero attached hydrogens (tertiary/aromatic N) is 2. The van der Waals surface area contributed by atoms with Gasteiger partial charge in [0.2, 0.25) is 11.8 Å². The number of nitrogens with one attached hydrogen (secondary N) is 1. The first-order chi connectivity index (χ1) is 10.5. The van der Waals surface area contributed by atoms with E-state index in [-0.39, 0.29) is 29.9 Å². The summed E-state index contributed by atoms with van der Waals surface area (Å²) in [6.45, 7) is 5.71. The van der Waals surface area contributed by atoms with Crippen LogP contribution in [0, 0.1) is 6.92 Å². The third-order valence-electron chi connectivity index (χ3n) is 3.46. The number of piperidine rings is 1. The van der Waals surface area contributed by atoms with Crippen LogP contribution in [0.3, 0.4) is 0 Å². The zero-order valence-electron chi connectivity index (χ0n) is 12.7.